The number of aryl methyl sites for hydroxylation is 1. The highest BCUT2D eigenvalue weighted by Gasteiger charge is 2.40. The first-order valence-electron chi connectivity index (χ1n) is 6.95. The normalized spacial score (nSPS) is 16.8. The Morgan fingerprint density at radius 1 is 1.25 bits per heavy atom. The lowest BCUT2D eigenvalue weighted by Gasteiger charge is -2.39. The smallest absolute Gasteiger partial charge is 0.136 e. The van der Waals surface area contributed by atoms with Crippen LogP contribution in [0.1, 0.15) is 30.8 Å². The van der Waals surface area contributed by atoms with Crippen LogP contribution in [0.15, 0.2) is 34.8 Å². The zero-order chi connectivity index (χ0) is 14.2. The Balaban J connectivity index is 2.07. The molecular formula is C16H18BrN3. The maximum absolute atomic E-state index is 5.98. The fourth-order valence-electron chi connectivity index (χ4n) is 2.72. The average molecular weight is 332 g/mol. The van der Waals surface area contributed by atoms with Gasteiger partial charge in [-0.15, -0.1) is 0 Å². The van der Waals surface area contributed by atoms with E-state index in [-0.39, 0.29) is 5.41 Å². The molecule has 0 radical (unpaired) electrons. The summed E-state index contributed by atoms with van der Waals surface area (Å²) in [6.07, 6.45) is 3.43. The summed E-state index contributed by atoms with van der Waals surface area (Å²) in [5.74, 6) is 0.918. The zero-order valence-corrected chi connectivity index (χ0v) is 13.2. The lowest BCUT2D eigenvalue weighted by atomic mass is 9.68. The number of nitrogens with two attached hydrogens (primary N) is 1. The number of rotatable bonds is 3. The number of hydrogen-bond donors (Lipinski definition) is 1. The first-order valence-corrected chi connectivity index (χ1v) is 7.74. The third-order valence-corrected chi connectivity index (χ3v) is 4.64. The molecule has 4 heteroatoms. The molecule has 1 saturated carbocycles. The van der Waals surface area contributed by atoms with Crippen molar-refractivity contribution in [3.8, 4) is 11.3 Å². The summed E-state index contributed by atoms with van der Waals surface area (Å²) in [6.45, 7) is 2.66. The Bertz CT molecular complexity index is 630. The maximum atomic E-state index is 5.98. The van der Waals surface area contributed by atoms with Crippen molar-refractivity contribution < 1.29 is 0 Å². The molecule has 1 fully saturated rings. The fraction of sp³-hybridized carbons (Fsp3) is 0.375. The van der Waals surface area contributed by atoms with Crippen LogP contribution in [0.2, 0.25) is 0 Å². The highest BCUT2D eigenvalue weighted by atomic mass is 79.9. The molecule has 0 bridgehead atoms. The second kappa shape index (κ2) is 5.26. The molecule has 1 aliphatic rings. The predicted octanol–water partition coefficient (Wildman–Crippen LogP) is 3.59. The molecular weight excluding hydrogens is 314 g/mol. The lowest BCUT2D eigenvalue weighted by molar-refractivity contribution is 0.238. The van der Waals surface area contributed by atoms with E-state index < -0.39 is 0 Å². The van der Waals surface area contributed by atoms with Crippen molar-refractivity contribution in [2.24, 2.45) is 5.73 Å². The van der Waals surface area contributed by atoms with Crippen LogP contribution in [0.4, 0.5) is 0 Å². The second-order valence-electron chi connectivity index (χ2n) is 5.57. The standard InChI is InChI=1S/C16H18BrN3/c1-11-8-14(12-4-2-5-13(17)9-12)20-15(19-11)16(10-18)6-3-7-16/h2,4-5,8-9H,3,6-7,10,18H2,1H3. The second-order valence-corrected chi connectivity index (χ2v) is 6.48. The van der Waals surface area contributed by atoms with Gasteiger partial charge in [0.15, 0.2) is 0 Å². The van der Waals surface area contributed by atoms with E-state index in [1.165, 1.54) is 6.42 Å². The van der Waals surface area contributed by atoms with Crippen molar-refractivity contribution in [2.45, 2.75) is 31.6 Å². The van der Waals surface area contributed by atoms with Crippen LogP contribution in [0, 0.1) is 6.92 Å². The number of nitrogens with zero attached hydrogens (tertiary/aromatic N) is 2. The van der Waals surface area contributed by atoms with Gasteiger partial charge < -0.3 is 5.73 Å². The van der Waals surface area contributed by atoms with Crippen LogP contribution in [0.5, 0.6) is 0 Å². The van der Waals surface area contributed by atoms with Gasteiger partial charge in [-0.1, -0.05) is 34.5 Å². The first-order chi connectivity index (χ1) is 9.63. The molecule has 0 amide bonds. The third-order valence-electron chi connectivity index (χ3n) is 4.15. The van der Waals surface area contributed by atoms with Gasteiger partial charge in [0.2, 0.25) is 0 Å². The van der Waals surface area contributed by atoms with Crippen molar-refractivity contribution in [3.63, 3.8) is 0 Å². The summed E-state index contributed by atoms with van der Waals surface area (Å²) in [4.78, 5) is 9.44. The fourth-order valence-corrected chi connectivity index (χ4v) is 3.12. The van der Waals surface area contributed by atoms with Crippen LogP contribution < -0.4 is 5.73 Å². The Kier molecular flexibility index (Phi) is 3.61. The summed E-state index contributed by atoms with van der Waals surface area (Å²) in [6, 6.07) is 10.2. The molecule has 3 rings (SSSR count). The van der Waals surface area contributed by atoms with E-state index in [9.17, 15) is 0 Å². The van der Waals surface area contributed by atoms with E-state index in [2.05, 4.69) is 33.0 Å². The quantitative estimate of drug-likeness (QED) is 0.934. The summed E-state index contributed by atoms with van der Waals surface area (Å²) in [7, 11) is 0. The van der Waals surface area contributed by atoms with Gasteiger partial charge in [-0.05, 0) is 38.0 Å². The predicted molar refractivity (Wildman–Crippen MR) is 84.5 cm³/mol. The van der Waals surface area contributed by atoms with Crippen LogP contribution in [-0.4, -0.2) is 16.5 Å². The van der Waals surface area contributed by atoms with Crippen molar-refractivity contribution in [3.05, 3.63) is 46.3 Å². The average Bonchev–Trinajstić information content (AvgIpc) is 2.37. The van der Waals surface area contributed by atoms with Gasteiger partial charge in [0.05, 0.1) is 5.69 Å². The van der Waals surface area contributed by atoms with E-state index in [1.54, 1.807) is 0 Å². The molecule has 1 aromatic heterocycles. The molecule has 0 unspecified atom stereocenters. The minimum absolute atomic E-state index is 0.00673. The van der Waals surface area contributed by atoms with E-state index in [0.717, 1.165) is 40.1 Å². The van der Waals surface area contributed by atoms with Gasteiger partial charge in [0.1, 0.15) is 5.82 Å². The van der Waals surface area contributed by atoms with Crippen molar-refractivity contribution in [2.75, 3.05) is 6.54 Å². The van der Waals surface area contributed by atoms with Gasteiger partial charge in [0, 0.05) is 27.7 Å². The Morgan fingerprint density at radius 2 is 2.05 bits per heavy atom. The molecule has 0 spiro atoms. The van der Waals surface area contributed by atoms with Crippen LogP contribution in [0.3, 0.4) is 0 Å². The van der Waals surface area contributed by atoms with Crippen molar-refractivity contribution in [1.29, 1.82) is 0 Å². The molecule has 2 N–H and O–H groups in total. The SMILES string of the molecule is Cc1cc(-c2cccc(Br)c2)nc(C2(CN)CCC2)n1. The zero-order valence-electron chi connectivity index (χ0n) is 11.6. The molecule has 0 saturated heterocycles. The Morgan fingerprint density at radius 3 is 2.65 bits per heavy atom. The molecule has 104 valence electrons. The van der Waals surface area contributed by atoms with Crippen LogP contribution in [-0.2, 0) is 5.41 Å². The highest BCUT2D eigenvalue weighted by molar-refractivity contribution is 9.10. The van der Waals surface area contributed by atoms with E-state index in [4.69, 9.17) is 10.7 Å². The summed E-state index contributed by atoms with van der Waals surface area (Å²) in [5.41, 5.74) is 9.08. The van der Waals surface area contributed by atoms with E-state index in [1.807, 2.05) is 25.1 Å². The first kappa shape index (κ1) is 13.7. The van der Waals surface area contributed by atoms with Crippen molar-refractivity contribution >= 4 is 15.9 Å². The minimum atomic E-state index is 0.00673. The number of benzene rings is 1. The van der Waals surface area contributed by atoms with Crippen LogP contribution >= 0.6 is 15.9 Å². The molecule has 0 atom stereocenters. The van der Waals surface area contributed by atoms with E-state index in [0.29, 0.717) is 6.54 Å². The van der Waals surface area contributed by atoms with Gasteiger partial charge in [-0.25, -0.2) is 9.97 Å². The summed E-state index contributed by atoms with van der Waals surface area (Å²) >= 11 is 3.51. The monoisotopic (exact) mass is 331 g/mol. The third kappa shape index (κ3) is 2.38. The molecule has 1 heterocycles. The number of halogens is 1. The topological polar surface area (TPSA) is 51.8 Å². The van der Waals surface area contributed by atoms with Gasteiger partial charge in [-0.3, -0.25) is 0 Å². The number of aromatic nitrogens is 2. The molecule has 20 heavy (non-hydrogen) atoms. The van der Waals surface area contributed by atoms with Crippen LogP contribution in [0.25, 0.3) is 11.3 Å². The van der Waals surface area contributed by atoms with E-state index >= 15 is 0 Å². The Labute approximate surface area is 127 Å². The molecule has 1 aromatic carbocycles. The largest absolute Gasteiger partial charge is 0.329 e. The minimum Gasteiger partial charge on any atom is -0.329 e. The lowest BCUT2D eigenvalue weighted by Crippen LogP contribution is -2.43. The molecule has 0 aliphatic heterocycles. The van der Waals surface area contributed by atoms with Gasteiger partial charge in [-0.2, -0.15) is 0 Å². The summed E-state index contributed by atoms with van der Waals surface area (Å²) in [5, 5.41) is 0. The molecule has 2 aromatic rings. The highest BCUT2D eigenvalue weighted by Crippen LogP contribution is 2.41. The molecule has 1 aliphatic carbocycles. The van der Waals surface area contributed by atoms with Gasteiger partial charge >= 0.3 is 0 Å². The Hall–Kier alpha value is -1.26. The number of hydrogen-bond acceptors (Lipinski definition) is 3. The molecule has 3 nitrogen and oxygen atoms in total. The van der Waals surface area contributed by atoms with Gasteiger partial charge in [0.25, 0.3) is 0 Å². The summed E-state index contributed by atoms with van der Waals surface area (Å²) < 4.78 is 1.06. The maximum Gasteiger partial charge on any atom is 0.136 e. The van der Waals surface area contributed by atoms with Crippen molar-refractivity contribution in [1.82, 2.24) is 9.97 Å².